The molecular weight excluding hydrogens is 281 g/mol. The van der Waals surface area contributed by atoms with Crippen LogP contribution in [0.15, 0.2) is 24.4 Å². The smallest absolute Gasteiger partial charge is 0.144 e. The van der Waals surface area contributed by atoms with E-state index in [2.05, 4.69) is 15.3 Å². The number of aromatic nitrogens is 2. The highest BCUT2D eigenvalue weighted by Gasteiger charge is 2.02. The van der Waals surface area contributed by atoms with Gasteiger partial charge in [0, 0.05) is 16.6 Å². The molecule has 0 fully saturated rings. The summed E-state index contributed by atoms with van der Waals surface area (Å²) in [6.45, 7) is 4.64. The van der Waals surface area contributed by atoms with E-state index >= 15 is 0 Å². The first kappa shape index (κ1) is 14.1. The highest BCUT2D eigenvalue weighted by Crippen LogP contribution is 2.21. The lowest BCUT2D eigenvalue weighted by molar-refractivity contribution is 0.977. The second-order valence-corrected chi connectivity index (χ2v) is 5.18. The number of nitrogens with one attached hydrogen (secondary N) is 1. The Morgan fingerprint density at radius 2 is 1.95 bits per heavy atom. The molecule has 0 aliphatic heterocycles. The zero-order valence-corrected chi connectivity index (χ0v) is 12.4. The molecule has 0 aliphatic carbocycles. The molecule has 0 unspecified atom stereocenters. The molecule has 3 nitrogen and oxygen atoms in total. The first-order chi connectivity index (χ1) is 9.06. The van der Waals surface area contributed by atoms with Crippen LogP contribution in [0.2, 0.25) is 10.0 Å². The molecule has 5 heteroatoms. The van der Waals surface area contributed by atoms with Crippen LogP contribution in [0.3, 0.4) is 0 Å². The molecule has 0 radical (unpaired) electrons. The summed E-state index contributed by atoms with van der Waals surface area (Å²) in [6.07, 6.45) is 2.55. The van der Waals surface area contributed by atoms with Crippen LogP contribution >= 0.6 is 23.2 Å². The van der Waals surface area contributed by atoms with Crippen molar-refractivity contribution >= 4 is 29.0 Å². The van der Waals surface area contributed by atoms with Crippen molar-refractivity contribution < 1.29 is 0 Å². The van der Waals surface area contributed by atoms with Gasteiger partial charge in [0.15, 0.2) is 0 Å². The van der Waals surface area contributed by atoms with Gasteiger partial charge in [-0.25, -0.2) is 4.98 Å². The quantitative estimate of drug-likeness (QED) is 0.924. The molecule has 0 spiro atoms. The fraction of sp³-hybridized carbons (Fsp3) is 0.286. The van der Waals surface area contributed by atoms with Crippen molar-refractivity contribution in [3.8, 4) is 0 Å². The Balaban J connectivity index is 1.94. The number of hydrogen-bond acceptors (Lipinski definition) is 3. The minimum absolute atomic E-state index is 0.654. The second kappa shape index (κ2) is 6.22. The van der Waals surface area contributed by atoms with Gasteiger partial charge in [-0.2, -0.15) is 0 Å². The summed E-state index contributed by atoms with van der Waals surface area (Å²) in [6, 6.07) is 5.55. The number of nitrogens with zero attached hydrogens (tertiary/aromatic N) is 2. The Morgan fingerprint density at radius 1 is 1.16 bits per heavy atom. The monoisotopic (exact) mass is 295 g/mol. The van der Waals surface area contributed by atoms with Crippen molar-refractivity contribution in [1.29, 1.82) is 0 Å². The van der Waals surface area contributed by atoms with Gasteiger partial charge in [0.25, 0.3) is 0 Å². The van der Waals surface area contributed by atoms with Crippen LogP contribution in [0.1, 0.15) is 17.0 Å². The van der Waals surface area contributed by atoms with E-state index in [9.17, 15) is 0 Å². The van der Waals surface area contributed by atoms with Gasteiger partial charge in [-0.3, -0.25) is 4.98 Å². The third-order valence-corrected chi connectivity index (χ3v) is 3.49. The van der Waals surface area contributed by atoms with E-state index in [-0.39, 0.29) is 0 Å². The molecule has 19 heavy (non-hydrogen) atoms. The van der Waals surface area contributed by atoms with Crippen LogP contribution in [-0.2, 0) is 6.42 Å². The summed E-state index contributed by atoms with van der Waals surface area (Å²) in [4.78, 5) is 8.68. The zero-order valence-electron chi connectivity index (χ0n) is 10.9. The van der Waals surface area contributed by atoms with Crippen molar-refractivity contribution in [3.63, 3.8) is 0 Å². The third-order valence-electron chi connectivity index (χ3n) is 2.91. The topological polar surface area (TPSA) is 37.8 Å². The highest BCUT2D eigenvalue weighted by atomic mass is 35.5. The van der Waals surface area contributed by atoms with Crippen molar-refractivity contribution in [1.82, 2.24) is 9.97 Å². The lowest BCUT2D eigenvalue weighted by atomic mass is 10.1. The maximum absolute atomic E-state index is 6.12. The largest absolute Gasteiger partial charge is 0.368 e. The first-order valence-electron chi connectivity index (χ1n) is 6.04. The molecule has 2 rings (SSSR count). The van der Waals surface area contributed by atoms with Gasteiger partial charge < -0.3 is 5.32 Å². The van der Waals surface area contributed by atoms with Crippen LogP contribution in [0.25, 0.3) is 0 Å². The van der Waals surface area contributed by atoms with Crippen molar-refractivity contribution in [2.45, 2.75) is 20.3 Å². The molecule has 1 aromatic heterocycles. The van der Waals surface area contributed by atoms with Crippen molar-refractivity contribution in [2.75, 3.05) is 11.9 Å². The molecule has 0 amide bonds. The predicted molar refractivity (Wildman–Crippen MR) is 80.2 cm³/mol. The number of halogens is 2. The number of aryl methyl sites for hydroxylation is 2. The van der Waals surface area contributed by atoms with Gasteiger partial charge >= 0.3 is 0 Å². The molecule has 0 saturated carbocycles. The standard InChI is InChI=1S/C14H15Cl2N3/c1-9-10(2)19-14(8-18-9)17-6-5-11-3-4-12(15)7-13(11)16/h3-4,7-8H,5-6H2,1-2H3,(H,17,19). The summed E-state index contributed by atoms with van der Waals surface area (Å²) < 4.78 is 0. The summed E-state index contributed by atoms with van der Waals surface area (Å²) in [7, 11) is 0. The summed E-state index contributed by atoms with van der Waals surface area (Å²) >= 11 is 12.0. The summed E-state index contributed by atoms with van der Waals surface area (Å²) in [5.74, 6) is 0.785. The number of benzene rings is 1. The van der Waals surface area contributed by atoms with Gasteiger partial charge in [-0.1, -0.05) is 29.3 Å². The molecule has 0 aliphatic rings. The zero-order chi connectivity index (χ0) is 13.8. The molecule has 1 N–H and O–H groups in total. The van der Waals surface area contributed by atoms with E-state index in [1.807, 2.05) is 26.0 Å². The molecule has 100 valence electrons. The maximum Gasteiger partial charge on any atom is 0.144 e. The van der Waals surface area contributed by atoms with Gasteiger partial charge in [-0.05, 0) is 38.0 Å². The van der Waals surface area contributed by atoms with Crippen LogP contribution < -0.4 is 5.32 Å². The van der Waals surface area contributed by atoms with E-state index in [0.717, 1.165) is 35.7 Å². The van der Waals surface area contributed by atoms with Crippen LogP contribution in [-0.4, -0.2) is 16.5 Å². The first-order valence-corrected chi connectivity index (χ1v) is 6.80. The Labute approximate surface area is 123 Å². The molecule has 1 heterocycles. The predicted octanol–water partition coefficient (Wildman–Crippen LogP) is 4.05. The minimum atomic E-state index is 0.654. The fourth-order valence-corrected chi connectivity index (χ4v) is 2.18. The van der Waals surface area contributed by atoms with E-state index < -0.39 is 0 Å². The minimum Gasteiger partial charge on any atom is -0.368 e. The van der Waals surface area contributed by atoms with Gasteiger partial charge in [-0.15, -0.1) is 0 Å². The number of anilines is 1. The van der Waals surface area contributed by atoms with Gasteiger partial charge in [0.05, 0.1) is 17.6 Å². The fourth-order valence-electron chi connectivity index (χ4n) is 1.68. The average molecular weight is 296 g/mol. The lowest BCUT2D eigenvalue weighted by Crippen LogP contribution is -2.08. The number of hydrogen-bond donors (Lipinski definition) is 1. The third kappa shape index (κ3) is 3.82. The molecule has 1 aromatic carbocycles. The van der Waals surface area contributed by atoms with Gasteiger partial charge in [0.2, 0.25) is 0 Å². The summed E-state index contributed by atoms with van der Waals surface area (Å²) in [5, 5.41) is 4.59. The molecule has 0 atom stereocenters. The SMILES string of the molecule is Cc1ncc(NCCc2ccc(Cl)cc2Cl)nc1C. The normalized spacial score (nSPS) is 10.5. The van der Waals surface area contributed by atoms with E-state index in [1.165, 1.54) is 0 Å². The van der Waals surface area contributed by atoms with Crippen molar-refractivity contribution in [2.24, 2.45) is 0 Å². The Hall–Kier alpha value is -1.32. The maximum atomic E-state index is 6.12. The molecule has 0 saturated heterocycles. The second-order valence-electron chi connectivity index (χ2n) is 4.34. The number of rotatable bonds is 4. The van der Waals surface area contributed by atoms with Crippen LogP contribution in [0.5, 0.6) is 0 Å². The van der Waals surface area contributed by atoms with E-state index in [1.54, 1.807) is 12.3 Å². The molecule has 2 aromatic rings. The van der Waals surface area contributed by atoms with Gasteiger partial charge in [0.1, 0.15) is 5.82 Å². The van der Waals surface area contributed by atoms with E-state index in [4.69, 9.17) is 23.2 Å². The van der Waals surface area contributed by atoms with Crippen LogP contribution in [0, 0.1) is 13.8 Å². The summed E-state index contributed by atoms with van der Waals surface area (Å²) in [5.41, 5.74) is 2.95. The average Bonchev–Trinajstić information content (AvgIpc) is 2.36. The molecular formula is C14H15Cl2N3. The Kier molecular flexibility index (Phi) is 4.61. The Morgan fingerprint density at radius 3 is 2.63 bits per heavy atom. The van der Waals surface area contributed by atoms with Crippen LogP contribution in [0.4, 0.5) is 5.82 Å². The van der Waals surface area contributed by atoms with E-state index in [0.29, 0.717) is 10.0 Å². The van der Waals surface area contributed by atoms with Crippen molar-refractivity contribution in [3.05, 3.63) is 51.4 Å². The Bertz CT molecular complexity index is 585. The molecule has 0 bridgehead atoms. The highest BCUT2D eigenvalue weighted by molar-refractivity contribution is 6.35. The lowest BCUT2D eigenvalue weighted by Gasteiger charge is -2.08.